The third-order valence-corrected chi connectivity index (χ3v) is 7.69. The van der Waals surface area contributed by atoms with Crippen molar-refractivity contribution in [3.63, 3.8) is 0 Å². The molecule has 0 unspecified atom stereocenters. The first-order valence-corrected chi connectivity index (χ1v) is 12.9. The Bertz CT molecular complexity index is 1660. The van der Waals surface area contributed by atoms with Gasteiger partial charge in [-0.05, 0) is 69.4 Å². The lowest BCUT2D eigenvalue weighted by atomic mass is 9.90. The van der Waals surface area contributed by atoms with Crippen molar-refractivity contribution in [1.82, 2.24) is 18.9 Å². The summed E-state index contributed by atoms with van der Waals surface area (Å²) in [6.07, 6.45) is 6.79. The summed E-state index contributed by atoms with van der Waals surface area (Å²) >= 11 is 6.00. The van der Waals surface area contributed by atoms with Crippen molar-refractivity contribution in [1.29, 1.82) is 0 Å². The summed E-state index contributed by atoms with van der Waals surface area (Å²) in [5.74, 6) is -0.564. The zero-order valence-electron chi connectivity index (χ0n) is 20.6. The lowest BCUT2D eigenvalue weighted by Crippen LogP contribution is -2.25. The number of nitrogens with zero attached hydrogens (tertiary/aromatic N) is 4. The van der Waals surface area contributed by atoms with Gasteiger partial charge in [0.05, 0.1) is 11.8 Å². The number of fused-ring (bicyclic) bond motifs is 1. The first-order chi connectivity index (χ1) is 17.8. The Labute approximate surface area is 217 Å². The fourth-order valence-electron chi connectivity index (χ4n) is 5.06. The van der Waals surface area contributed by atoms with E-state index in [0.717, 1.165) is 18.4 Å². The van der Waals surface area contributed by atoms with Crippen molar-refractivity contribution in [2.24, 2.45) is 0 Å². The summed E-state index contributed by atoms with van der Waals surface area (Å²) in [6, 6.07) is 8.11. The highest BCUT2D eigenvalue weighted by atomic mass is 35.5. The van der Waals surface area contributed by atoms with Gasteiger partial charge in [-0.3, -0.25) is 14.0 Å². The van der Waals surface area contributed by atoms with Gasteiger partial charge in [-0.25, -0.2) is 14.4 Å². The molecule has 9 heteroatoms. The molecule has 2 aliphatic rings. The van der Waals surface area contributed by atoms with Crippen LogP contribution < -0.4 is 11.1 Å². The molecule has 2 atom stereocenters. The molecule has 1 aliphatic heterocycles. The van der Waals surface area contributed by atoms with Crippen LogP contribution in [-0.2, 0) is 4.74 Å². The molecule has 1 saturated carbocycles. The minimum Gasteiger partial charge on any atom is -0.373 e. The smallest absolute Gasteiger partial charge is 0.261 e. The number of hydrogen-bond donors (Lipinski definition) is 0. The fraction of sp³-hybridized carbons (Fsp3) is 0.357. The monoisotopic (exact) mass is 520 g/mol. The molecule has 1 aromatic carbocycles. The Balaban J connectivity index is 1.45. The Morgan fingerprint density at radius 3 is 2.62 bits per heavy atom. The topological polar surface area (TPSA) is 78.5 Å². The van der Waals surface area contributed by atoms with Crippen LogP contribution in [-0.4, -0.2) is 25.5 Å². The minimum absolute atomic E-state index is 0.00183. The summed E-state index contributed by atoms with van der Waals surface area (Å²) in [5.41, 5.74) is 3.37. The van der Waals surface area contributed by atoms with Crippen molar-refractivity contribution in [3.8, 4) is 11.3 Å². The Hall–Kier alpha value is -3.36. The third-order valence-electron chi connectivity index (χ3n) is 7.46. The van der Waals surface area contributed by atoms with Gasteiger partial charge in [-0.15, -0.1) is 0 Å². The molecule has 2 fully saturated rings. The molecule has 1 saturated heterocycles. The maximum Gasteiger partial charge on any atom is 0.261 e. The highest BCUT2D eigenvalue weighted by Crippen LogP contribution is 2.39. The molecule has 0 radical (unpaired) electrons. The van der Waals surface area contributed by atoms with Crippen molar-refractivity contribution < 1.29 is 9.13 Å². The number of ether oxygens (including phenoxy) is 1. The second-order valence-electron chi connectivity index (χ2n) is 9.98. The normalized spacial score (nSPS) is 19.9. The van der Waals surface area contributed by atoms with Gasteiger partial charge in [0.2, 0.25) is 0 Å². The first-order valence-electron chi connectivity index (χ1n) is 12.5. The molecule has 3 aromatic heterocycles. The molecule has 190 valence electrons. The zero-order chi connectivity index (χ0) is 25.8. The predicted octanol–water partition coefficient (Wildman–Crippen LogP) is 5.30. The second kappa shape index (κ2) is 9.19. The van der Waals surface area contributed by atoms with E-state index in [0.29, 0.717) is 47.7 Å². The second-order valence-corrected chi connectivity index (χ2v) is 10.4. The van der Waals surface area contributed by atoms with E-state index in [1.807, 2.05) is 12.3 Å². The lowest BCUT2D eigenvalue weighted by Gasteiger charge is -2.30. The van der Waals surface area contributed by atoms with E-state index in [2.05, 4.69) is 4.98 Å². The van der Waals surface area contributed by atoms with Crippen LogP contribution in [0.1, 0.15) is 66.3 Å². The summed E-state index contributed by atoms with van der Waals surface area (Å²) in [6.45, 7) is 4.00. The number of benzene rings is 1. The molecule has 6 rings (SSSR count). The zero-order valence-corrected chi connectivity index (χ0v) is 21.3. The fourth-order valence-corrected chi connectivity index (χ4v) is 5.22. The lowest BCUT2D eigenvalue weighted by molar-refractivity contribution is 0.00418. The number of hydrogen-bond acceptors (Lipinski definition) is 5. The Kier molecular flexibility index (Phi) is 5.96. The minimum atomic E-state index is -0.529. The molecular formula is C28H26ClFN4O3. The van der Waals surface area contributed by atoms with Crippen LogP contribution in [0.2, 0.25) is 5.02 Å². The standard InChI is InChI=1S/C28H26ClFN4O3/c1-15-16(2)31-27-26(21-7-4-19(29)12-22(21)30)32-23(14-34(27)28(15)36)17-9-10-37-24(11-17)18-3-8-25(35)33(13-18)20-5-6-20/h3-4,7-8,12-14,17,20,24H,5-6,9-11H2,1-2H3/t17-,24+/m1/s1. The average molecular weight is 521 g/mol. The van der Waals surface area contributed by atoms with Gasteiger partial charge in [-0.2, -0.15) is 0 Å². The number of halogens is 2. The van der Waals surface area contributed by atoms with Gasteiger partial charge in [0, 0.05) is 58.9 Å². The van der Waals surface area contributed by atoms with E-state index in [4.69, 9.17) is 21.3 Å². The summed E-state index contributed by atoms with van der Waals surface area (Å²) < 4.78 is 24.4. The summed E-state index contributed by atoms with van der Waals surface area (Å²) in [4.78, 5) is 35.0. The predicted molar refractivity (Wildman–Crippen MR) is 139 cm³/mol. The number of pyridine rings is 1. The van der Waals surface area contributed by atoms with Crippen LogP contribution in [0.15, 0.2) is 52.3 Å². The van der Waals surface area contributed by atoms with Crippen molar-refractivity contribution in [2.75, 3.05) is 6.61 Å². The van der Waals surface area contributed by atoms with Crippen LogP contribution in [0.25, 0.3) is 16.9 Å². The molecule has 0 amide bonds. The molecule has 37 heavy (non-hydrogen) atoms. The molecule has 4 aromatic rings. The first kappa shape index (κ1) is 24.0. The maximum absolute atomic E-state index is 15.1. The molecule has 0 N–H and O–H groups in total. The molecule has 0 spiro atoms. The van der Waals surface area contributed by atoms with Crippen LogP contribution in [0.4, 0.5) is 4.39 Å². The molecular weight excluding hydrogens is 495 g/mol. The Morgan fingerprint density at radius 2 is 1.86 bits per heavy atom. The SMILES string of the molecule is Cc1nc2c(-c3ccc(Cl)cc3F)nc([C@@H]3CCO[C@H](c4ccc(=O)n(C5CC5)c4)C3)cn2c(=O)c1C. The molecule has 7 nitrogen and oxygen atoms in total. The van der Waals surface area contributed by atoms with Crippen LogP contribution in [0, 0.1) is 19.7 Å². The quantitative estimate of drug-likeness (QED) is 0.365. The van der Waals surface area contributed by atoms with Gasteiger partial charge in [0.25, 0.3) is 11.1 Å². The van der Waals surface area contributed by atoms with E-state index in [1.165, 1.54) is 10.5 Å². The summed E-state index contributed by atoms with van der Waals surface area (Å²) in [5, 5.41) is 0.277. The third kappa shape index (κ3) is 4.38. The van der Waals surface area contributed by atoms with Crippen LogP contribution in [0.5, 0.6) is 0 Å². The number of aryl methyl sites for hydroxylation is 1. The van der Waals surface area contributed by atoms with Gasteiger partial charge in [0.1, 0.15) is 11.5 Å². The largest absolute Gasteiger partial charge is 0.373 e. The van der Waals surface area contributed by atoms with Gasteiger partial charge >= 0.3 is 0 Å². The van der Waals surface area contributed by atoms with Crippen molar-refractivity contribution in [3.05, 3.63) is 96.8 Å². The average Bonchev–Trinajstić information content (AvgIpc) is 3.73. The number of rotatable bonds is 4. The van der Waals surface area contributed by atoms with Crippen LogP contribution in [0.3, 0.4) is 0 Å². The summed E-state index contributed by atoms with van der Waals surface area (Å²) in [7, 11) is 0. The number of aromatic nitrogens is 4. The van der Waals surface area contributed by atoms with E-state index in [1.54, 1.807) is 42.8 Å². The van der Waals surface area contributed by atoms with Gasteiger partial charge < -0.3 is 9.30 Å². The van der Waals surface area contributed by atoms with Gasteiger partial charge in [0.15, 0.2) is 5.65 Å². The Morgan fingerprint density at radius 1 is 1.05 bits per heavy atom. The van der Waals surface area contributed by atoms with Crippen molar-refractivity contribution in [2.45, 2.75) is 57.6 Å². The van der Waals surface area contributed by atoms with E-state index in [9.17, 15) is 9.59 Å². The van der Waals surface area contributed by atoms with E-state index < -0.39 is 5.82 Å². The van der Waals surface area contributed by atoms with Gasteiger partial charge in [-0.1, -0.05) is 11.6 Å². The highest BCUT2D eigenvalue weighted by Gasteiger charge is 2.30. The highest BCUT2D eigenvalue weighted by molar-refractivity contribution is 6.30. The molecule has 0 bridgehead atoms. The van der Waals surface area contributed by atoms with E-state index in [-0.39, 0.29) is 39.8 Å². The molecule has 4 heterocycles. The van der Waals surface area contributed by atoms with Crippen LogP contribution >= 0.6 is 11.6 Å². The van der Waals surface area contributed by atoms with Crippen molar-refractivity contribution >= 4 is 17.2 Å². The van der Waals surface area contributed by atoms with E-state index >= 15 is 4.39 Å². The maximum atomic E-state index is 15.1. The molecule has 1 aliphatic carbocycles.